The third kappa shape index (κ3) is 6.74. The predicted molar refractivity (Wildman–Crippen MR) is 63.1 cm³/mol. The van der Waals surface area contributed by atoms with Crippen LogP contribution < -0.4 is 5.32 Å². The van der Waals surface area contributed by atoms with E-state index in [0.717, 1.165) is 6.42 Å². The highest BCUT2D eigenvalue weighted by Crippen LogP contribution is 2.09. The number of amides is 1. The number of halogens is 1. The maximum Gasteiger partial charge on any atom is 0.223 e. The first-order valence-electron chi connectivity index (χ1n) is 5.39. The molecule has 0 bridgehead atoms. The van der Waals surface area contributed by atoms with Crippen molar-refractivity contribution in [3.8, 4) is 0 Å². The fourth-order valence-electron chi connectivity index (χ4n) is 1.08. The summed E-state index contributed by atoms with van der Waals surface area (Å²) in [6.45, 7) is 7.16. The van der Waals surface area contributed by atoms with E-state index in [1.165, 1.54) is 0 Å². The van der Waals surface area contributed by atoms with Crippen LogP contribution in [0.1, 0.15) is 27.2 Å². The van der Waals surface area contributed by atoms with Gasteiger partial charge in [0.1, 0.15) is 0 Å². The average Bonchev–Trinajstić information content (AvgIpc) is 2.16. The molecule has 0 aromatic rings. The molecule has 90 valence electrons. The van der Waals surface area contributed by atoms with E-state index in [-0.39, 0.29) is 17.2 Å². The molecule has 0 aliphatic heterocycles. The highest BCUT2D eigenvalue weighted by molar-refractivity contribution is 6.20. The van der Waals surface area contributed by atoms with Crippen LogP contribution in [-0.2, 0) is 9.53 Å². The van der Waals surface area contributed by atoms with Gasteiger partial charge in [0, 0.05) is 19.6 Å². The standard InChI is InChI=1S/C11H22ClNO2/c1-8(2)9(3)11(14)13-6-5-10(12)7-15-4/h8-10H,5-7H2,1-4H3,(H,13,14). The molecule has 0 saturated carbocycles. The van der Waals surface area contributed by atoms with E-state index in [1.54, 1.807) is 7.11 Å². The fourth-order valence-corrected chi connectivity index (χ4v) is 1.31. The molecule has 0 spiro atoms. The van der Waals surface area contributed by atoms with Crippen LogP contribution in [0.4, 0.5) is 0 Å². The van der Waals surface area contributed by atoms with Crippen LogP contribution in [0.5, 0.6) is 0 Å². The van der Waals surface area contributed by atoms with Gasteiger partial charge in [0.15, 0.2) is 0 Å². The molecule has 0 radical (unpaired) electrons. The van der Waals surface area contributed by atoms with E-state index in [9.17, 15) is 4.79 Å². The van der Waals surface area contributed by atoms with E-state index in [2.05, 4.69) is 5.32 Å². The number of carbonyl (C=O) groups excluding carboxylic acids is 1. The Morgan fingerprint density at radius 1 is 1.40 bits per heavy atom. The van der Waals surface area contributed by atoms with Crippen molar-refractivity contribution in [3.05, 3.63) is 0 Å². The fraction of sp³-hybridized carbons (Fsp3) is 0.909. The van der Waals surface area contributed by atoms with Crippen molar-refractivity contribution >= 4 is 17.5 Å². The summed E-state index contributed by atoms with van der Waals surface area (Å²) in [6.07, 6.45) is 0.742. The van der Waals surface area contributed by atoms with Crippen LogP contribution in [0.15, 0.2) is 0 Å². The third-order valence-corrected chi connectivity index (χ3v) is 2.86. The molecule has 15 heavy (non-hydrogen) atoms. The minimum absolute atomic E-state index is 0.0235. The molecule has 0 aliphatic rings. The number of methoxy groups -OCH3 is 1. The van der Waals surface area contributed by atoms with E-state index in [1.807, 2.05) is 20.8 Å². The van der Waals surface area contributed by atoms with Crippen molar-refractivity contribution in [2.75, 3.05) is 20.3 Å². The Labute approximate surface area is 97.5 Å². The summed E-state index contributed by atoms with van der Waals surface area (Å²) < 4.78 is 4.90. The number of carbonyl (C=O) groups is 1. The van der Waals surface area contributed by atoms with Crippen LogP contribution in [-0.4, -0.2) is 31.5 Å². The first-order valence-corrected chi connectivity index (χ1v) is 5.83. The second-order valence-corrected chi connectivity index (χ2v) is 4.78. The summed E-state index contributed by atoms with van der Waals surface area (Å²) >= 11 is 5.93. The first kappa shape index (κ1) is 14.7. The molecule has 2 atom stereocenters. The van der Waals surface area contributed by atoms with Crippen molar-refractivity contribution in [2.24, 2.45) is 11.8 Å². The van der Waals surface area contributed by atoms with Crippen molar-refractivity contribution in [3.63, 3.8) is 0 Å². The van der Waals surface area contributed by atoms with Gasteiger partial charge in [0.25, 0.3) is 0 Å². The number of hydrogen-bond acceptors (Lipinski definition) is 2. The van der Waals surface area contributed by atoms with Crippen molar-refractivity contribution < 1.29 is 9.53 Å². The molecule has 0 heterocycles. The molecular formula is C11H22ClNO2. The Hall–Kier alpha value is -0.280. The lowest BCUT2D eigenvalue weighted by atomic mass is 9.97. The summed E-state index contributed by atoms with van der Waals surface area (Å²) in [5.41, 5.74) is 0. The van der Waals surface area contributed by atoms with Crippen LogP contribution in [0.2, 0.25) is 0 Å². The average molecular weight is 236 g/mol. The second-order valence-electron chi connectivity index (χ2n) is 4.17. The van der Waals surface area contributed by atoms with Crippen molar-refractivity contribution in [2.45, 2.75) is 32.6 Å². The molecule has 0 aliphatic carbocycles. The van der Waals surface area contributed by atoms with Gasteiger partial charge < -0.3 is 10.1 Å². The lowest BCUT2D eigenvalue weighted by molar-refractivity contribution is -0.125. The minimum Gasteiger partial charge on any atom is -0.383 e. The van der Waals surface area contributed by atoms with Gasteiger partial charge in [-0.3, -0.25) is 4.79 Å². The molecule has 2 unspecified atom stereocenters. The number of hydrogen-bond donors (Lipinski definition) is 1. The minimum atomic E-state index is -0.0235. The molecule has 1 N–H and O–H groups in total. The highest BCUT2D eigenvalue weighted by Gasteiger charge is 2.16. The zero-order valence-corrected chi connectivity index (χ0v) is 10.8. The Bertz CT molecular complexity index is 185. The molecular weight excluding hydrogens is 214 g/mol. The summed E-state index contributed by atoms with van der Waals surface area (Å²) in [5, 5.41) is 2.85. The van der Waals surface area contributed by atoms with Crippen LogP contribution >= 0.6 is 11.6 Å². The second kappa shape index (κ2) is 7.94. The molecule has 0 rings (SSSR count). The number of rotatable bonds is 7. The van der Waals surface area contributed by atoms with Gasteiger partial charge in [-0.2, -0.15) is 0 Å². The van der Waals surface area contributed by atoms with Gasteiger partial charge in [-0.25, -0.2) is 0 Å². The monoisotopic (exact) mass is 235 g/mol. The molecule has 0 saturated heterocycles. The SMILES string of the molecule is COCC(Cl)CCNC(=O)C(C)C(C)C. The molecule has 3 nitrogen and oxygen atoms in total. The van der Waals surface area contributed by atoms with Gasteiger partial charge in [0.2, 0.25) is 5.91 Å². The smallest absolute Gasteiger partial charge is 0.223 e. The molecule has 1 amide bonds. The Balaban J connectivity index is 3.63. The summed E-state index contributed by atoms with van der Waals surface area (Å²) in [7, 11) is 1.62. The van der Waals surface area contributed by atoms with Crippen molar-refractivity contribution in [1.29, 1.82) is 0 Å². The maximum atomic E-state index is 11.5. The van der Waals surface area contributed by atoms with Gasteiger partial charge >= 0.3 is 0 Å². The van der Waals surface area contributed by atoms with Gasteiger partial charge in [-0.1, -0.05) is 20.8 Å². The van der Waals surface area contributed by atoms with Crippen LogP contribution in [0, 0.1) is 11.8 Å². The Morgan fingerprint density at radius 2 is 2.00 bits per heavy atom. The number of ether oxygens (including phenoxy) is 1. The van der Waals surface area contributed by atoms with Gasteiger partial charge in [-0.05, 0) is 12.3 Å². The Kier molecular flexibility index (Phi) is 7.79. The zero-order valence-electron chi connectivity index (χ0n) is 10.0. The molecule has 4 heteroatoms. The van der Waals surface area contributed by atoms with E-state index < -0.39 is 0 Å². The molecule has 0 fully saturated rings. The van der Waals surface area contributed by atoms with Crippen molar-refractivity contribution in [1.82, 2.24) is 5.32 Å². The third-order valence-electron chi connectivity index (χ3n) is 2.52. The van der Waals surface area contributed by atoms with E-state index in [0.29, 0.717) is 19.1 Å². The van der Waals surface area contributed by atoms with E-state index in [4.69, 9.17) is 16.3 Å². The topological polar surface area (TPSA) is 38.3 Å². The zero-order chi connectivity index (χ0) is 11.8. The highest BCUT2D eigenvalue weighted by atomic mass is 35.5. The lowest BCUT2D eigenvalue weighted by Gasteiger charge is -2.16. The molecule has 0 aromatic heterocycles. The van der Waals surface area contributed by atoms with Crippen LogP contribution in [0.3, 0.4) is 0 Å². The number of nitrogens with one attached hydrogen (secondary N) is 1. The number of alkyl halides is 1. The molecule has 0 aromatic carbocycles. The van der Waals surface area contributed by atoms with E-state index >= 15 is 0 Å². The lowest BCUT2D eigenvalue weighted by Crippen LogP contribution is -2.33. The summed E-state index contributed by atoms with van der Waals surface area (Å²) in [4.78, 5) is 11.5. The largest absolute Gasteiger partial charge is 0.383 e. The summed E-state index contributed by atoms with van der Waals surface area (Å²) in [5.74, 6) is 0.531. The quantitative estimate of drug-likeness (QED) is 0.686. The Morgan fingerprint density at radius 3 is 2.47 bits per heavy atom. The maximum absolute atomic E-state index is 11.5. The van der Waals surface area contributed by atoms with Gasteiger partial charge in [-0.15, -0.1) is 11.6 Å². The predicted octanol–water partition coefficient (Wildman–Crippen LogP) is 2.04. The van der Waals surface area contributed by atoms with Gasteiger partial charge in [0.05, 0.1) is 12.0 Å². The normalized spacial score (nSPS) is 15.1. The first-order chi connectivity index (χ1) is 6.99. The summed E-state index contributed by atoms with van der Waals surface area (Å²) in [6, 6.07) is 0. The van der Waals surface area contributed by atoms with Crippen LogP contribution in [0.25, 0.3) is 0 Å².